The molecule has 0 fully saturated rings. The lowest BCUT2D eigenvalue weighted by Gasteiger charge is -2.10. The van der Waals surface area contributed by atoms with E-state index in [9.17, 15) is 0 Å². The SMILES string of the molecule is CC(C)OCCCNc1ncnc2c1c(-c1ccccc1)cn2-c1ccc(Br)cc1. The van der Waals surface area contributed by atoms with Crippen LogP contribution in [-0.4, -0.2) is 33.8 Å². The third-order valence-corrected chi connectivity index (χ3v) is 5.37. The molecule has 0 saturated heterocycles. The Morgan fingerprint density at radius 3 is 2.53 bits per heavy atom. The predicted octanol–water partition coefficient (Wildman–Crippen LogP) is 6.08. The Morgan fingerprint density at radius 1 is 1.03 bits per heavy atom. The Labute approximate surface area is 185 Å². The molecule has 1 N–H and O–H groups in total. The van der Waals surface area contributed by atoms with Crippen LogP contribution in [0.4, 0.5) is 5.82 Å². The van der Waals surface area contributed by atoms with Gasteiger partial charge in [-0.2, -0.15) is 0 Å². The van der Waals surface area contributed by atoms with E-state index in [0.29, 0.717) is 0 Å². The summed E-state index contributed by atoms with van der Waals surface area (Å²) >= 11 is 3.52. The highest BCUT2D eigenvalue weighted by Crippen LogP contribution is 2.35. The average molecular weight is 465 g/mol. The first-order chi connectivity index (χ1) is 14.6. The van der Waals surface area contributed by atoms with Gasteiger partial charge in [-0.1, -0.05) is 46.3 Å². The van der Waals surface area contributed by atoms with Crippen molar-refractivity contribution in [2.75, 3.05) is 18.5 Å². The zero-order valence-electron chi connectivity index (χ0n) is 17.2. The molecule has 30 heavy (non-hydrogen) atoms. The number of ether oxygens (including phenoxy) is 1. The summed E-state index contributed by atoms with van der Waals surface area (Å²) in [6, 6.07) is 18.6. The quantitative estimate of drug-likeness (QED) is 0.321. The minimum Gasteiger partial charge on any atom is -0.379 e. The summed E-state index contributed by atoms with van der Waals surface area (Å²) in [5, 5.41) is 4.52. The third-order valence-electron chi connectivity index (χ3n) is 4.84. The number of benzene rings is 2. The molecule has 0 amide bonds. The van der Waals surface area contributed by atoms with Crippen LogP contribution in [-0.2, 0) is 4.74 Å². The molecular formula is C24H25BrN4O. The smallest absolute Gasteiger partial charge is 0.150 e. The molecular weight excluding hydrogens is 440 g/mol. The Bertz CT molecular complexity index is 1110. The molecule has 0 aliphatic heterocycles. The Hall–Kier alpha value is -2.70. The average Bonchev–Trinajstić information content (AvgIpc) is 3.15. The second-order valence-corrected chi connectivity index (χ2v) is 8.29. The molecule has 4 rings (SSSR count). The fraction of sp³-hybridized carbons (Fsp3) is 0.250. The second-order valence-electron chi connectivity index (χ2n) is 7.38. The van der Waals surface area contributed by atoms with E-state index in [1.165, 1.54) is 0 Å². The molecule has 0 bridgehead atoms. The summed E-state index contributed by atoms with van der Waals surface area (Å²) in [5.74, 6) is 0.847. The topological polar surface area (TPSA) is 52.0 Å². The largest absolute Gasteiger partial charge is 0.379 e. The van der Waals surface area contributed by atoms with Gasteiger partial charge in [0, 0.05) is 35.1 Å². The molecule has 4 aromatic rings. The number of fused-ring (bicyclic) bond motifs is 1. The Balaban J connectivity index is 1.75. The molecule has 2 heterocycles. The first-order valence-electron chi connectivity index (χ1n) is 10.2. The van der Waals surface area contributed by atoms with Crippen LogP contribution < -0.4 is 5.32 Å². The van der Waals surface area contributed by atoms with Crippen LogP contribution in [0.3, 0.4) is 0 Å². The zero-order valence-corrected chi connectivity index (χ0v) is 18.8. The van der Waals surface area contributed by atoms with Gasteiger partial charge in [0.1, 0.15) is 12.1 Å². The zero-order chi connectivity index (χ0) is 20.9. The fourth-order valence-electron chi connectivity index (χ4n) is 3.43. The molecule has 0 unspecified atom stereocenters. The van der Waals surface area contributed by atoms with Crippen molar-refractivity contribution in [2.45, 2.75) is 26.4 Å². The molecule has 2 aromatic heterocycles. The van der Waals surface area contributed by atoms with Crippen LogP contribution >= 0.6 is 15.9 Å². The van der Waals surface area contributed by atoms with Crippen LogP contribution in [0.5, 0.6) is 0 Å². The number of rotatable bonds is 8. The van der Waals surface area contributed by atoms with E-state index in [1.807, 2.05) is 18.2 Å². The van der Waals surface area contributed by atoms with E-state index in [0.717, 1.165) is 57.7 Å². The Kier molecular flexibility index (Phi) is 6.45. The number of hydrogen-bond acceptors (Lipinski definition) is 4. The van der Waals surface area contributed by atoms with Crippen molar-refractivity contribution < 1.29 is 4.74 Å². The van der Waals surface area contributed by atoms with E-state index >= 15 is 0 Å². The molecule has 0 spiro atoms. The monoisotopic (exact) mass is 464 g/mol. The normalized spacial score (nSPS) is 11.3. The molecule has 0 saturated carbocycles. The van der Waals surface area contributed by atoms with E-state index in [1.54, 1.807) is 6.33 Å². The van der Waals surface area contributed by atoms with E-state index in [-0.39, 0.29) is 6.10 Å². The van der Waals surface area contributed by atoms with Gasteiger partial charge in [0.15, 0.2) is 5.65 Å². The van der Waals surface area contributed by atoms with Gasteiger partial charge in [0.25, 0.3) is 0 Å². The van der Waals surface area contributed by atoms with Crippen molar-refractivity contribution >= 4 is 32.8 Å². The summed E-state index contributed by atoms with van der Waals surface area (Å²) in [6.45, 7) is 5.62. The van der Waals surface area contributed by atoms with Crippen LogP contribution in [0, 0.1) is 0 Å². The number of nitrogens with zero attached hydrogens (tertiary/aromatic N) is 3. The maximum atomic E-state index is 5.65. The summed E-state index contributed by atoms with van der Waals surface area (Å²) in [5.41, 5.74) is 4.18. The fourth-order valence-corrected chi connectivity index (χ4v) is 3.69. The maximum absolute atomic E-state index is 5.65. The van der Waals surface area contributed by atoms with Gasteiger partial charge in [-0.15, -0.1) is 0 Å². The van der Waals surface area contributed by atoms with Crippen molar-refractivity contribution in [3.8, 4) is 16.8 Å². The second kappa shape index (κ2) is 9.41. The van der Waals surface area contributed by atoms with Gasteiger partial charge in [-0.3, -0.25) is 0 Å². The predicted molar refractivity (Wildman–Crippen MR) is 126 cm³/mol. The van der Waals surface area contributed by atoms with Crippen LogP contribution in [0.2, 0.25) is 0 Å². The highest BCUT2D eigenvalue weighted by atomic mass is 79.9. The molecule has 0 radical (unpaired) electrons. The first kappa shape index (κ1) is 20.6. The maximum Gasteiger partial charge on any atom is 0.150 e. The van der Waals surface area contributed by atoms with Crippen molar-refractivity contribution in [2.24, 2.45) is 0 Å². The molecule has 0 atom stereocenters. The number of halogens is 1. The Morgan fingerprint density at radius 2 is 1.80 bits per heavy atom. The highest BCUT2D eigenvalue weighted by Gasteiger charge is 2.17. The van der Waals surface area contributed by atoms with Gasteiger partial charge in [0.05, 0.1) is 11.5 Å². The molecule has 0 aliphatic carbocycles. The van der Waals surface area contributed by atoms with Gasteiger partial charge < -0.3 is 14.6 Å². The van der Waals surface area contributed by atoms with Crippen LogP contribution in [0.25, 0.3) is 27.8 Å². The van der Waals surface area contributed by atoms with Gasteiger partial charge in [-0.25, -0.2) is 9.97 Å². The first-order valence-corrected chi connectivity index (χ1v) is 11.0. The summed E-state index contributed by atoms with van der Waals surface area (Å²) in [4.78, 5) is 9.19. The van der Waals surface area contributed by atoms with Crippen LogP contribution in [0.15, 0.2) is 71.6 Å². The van der Waals surface area contributed by atoms with Gasteiger partial charge in [0.2, 0.25) is 0 Å². The summed E-state index contributed by atoms with van der Waals surface area (Å²) in [6.07, 6.45) is 4.93. The van der Waals surface area contributed by atoms with Crippen molar-refractivity contribution in [1.29, 1.82) is 0 Å². The number of aromatic nitrogens is 3. The van der Waals surface area contributed by atoms with E-state index in [2.05, 4.69) is 92.2 Å². The minimum absolute atomic E-state index is 0.250. The molecule has 6 heteroatoms. The van der Waals surface area contributed by atoms with Crippen LogP contribution in [0.1, 0.15) is 20.3 Å². The van der Waals surface area contributed by atoms with Gasteiger partial charge >= 0.3 is 0 Å². The molecule has 2 aromatic carbocycles. The minimum atomic E-state index is 0.250. The van der Waals surface area contributed by atoms with Crippen molar-refractivity contribution in [1.82, 2.24) is 14.5 Å². The van der Waals surface area contributed by atoms with Gasteiger partial charge in [-0.05, 0) is 50.1 Å². The molecule has 0 aliphatic rings. The lowest BCUT2D eigenvalue weighted by Crippen LogP contribution is -2.10. The van der Waals surface area contributed by atoms with E-state index < -0.39 is 0 Å². The molecule has 154 valence electrons. The van der Waals surface area contributed by atoms with Crippen molar-refractivity contribution in [3.63, 3.8) is 0 Å². The third kappa shape index (κ3) is 4.55. The highest BCUT2D eigenvalue weighted by molar-refractivity contribution is 9.10. The number of anilines is 1. The number of nitrogens with one attached hydrogen (secondary N) is 1. The van der Waals surface area contributed by atoms with E-state index in [4.69, 9.17) is 4.74 Å². The lowest BCUT2D eigenvalue weighted by atomic mass is 10.1. The summed E-state index contributed by atoms with van der Waals surface area (Å²) < 4.78 is 8.82. The molecule has 5 nitrogen and oxygen atoms in total. The number of hydrogen-bond donors (Lipinski definition) is 1. The lowest BCUT2D eigenvalue weighted by molar-refractivity contribution is 0.0787. The van der Waals surface area contributed by atoms with Crippen molar-refractivity contribution in [3.05, 3.63) is 71.6 Å². The summed E-state index contributed by atoms with van der Waals surface area (Å²) in [7, 11) is 0. The standard InChI is InChI=1S/C24H25BrN4O/c1-17(2)30-14-6-13-26-23-22-21(18-7-4-3-5-8-18)15-29(24(22)28-16-27-23)20-11-9-19(25)10-12-20/h3-5,7-12,15-17H,6,13-14H2,1-2H3,(H,26,27,28).